The molecule has 1 amide bonds. The number of fused-ring (bicyclic) bond motifs is 2. The summed E-state index contributed by atoms with van der Waals surface area (Å²) in [7, 11) is 1.54. The van der Waals surface area contributed by atoms with Crippen LogP contribution in [-0.4, -0.2) is 51.2 Å². The van der Waals surface area contributed by atoms with Crippen LogP contribution in [-0.2, 0) is 0 Å². The number of carbonyl (C=O) groups is 1. The molecule has 3 aromatic heterocycles. The van der Waals surface area contributed by atoms with E-state index < -0.39 is 0 Å². The Morgan fingerprint density at radius 2 is 2.17 bits per heavy atom. The molecule has 1 aliphatic rings. The smallest absolute Gasteiger partial charge is 0.289 e. The Bertz CT molecular complexity index is 1220. The van der Waals surface area contributed by atoms with Crippen molar-refractivity contribution in [2.24, 2.45) is 0 Å². The summed E-state index contributed by atoms with van der Waals surface area (Å²) in [6.07, 6.45) is 5.10. The number of ether oxygens (including phenoxy) is 1. The predicted molar refractivity (Wildman–Crippen MR) is 107 cm³/mol. The molecule has 0 saturated carbocycles. The number of carbonyl (C=O) groups excluding carboxylic acids is 1. The van der Waals surface area contributed by atoms with Gasteiger partial charge in [-0.15, -0.1) is 0 Å². The average molecular weight is 412 g/mol. The van der Waals surface area contributed by atoms with Crippen LogP contribution in [0.1, 0.15) is 35.0 Å². The third-order valence-electron chi connectivity index (χ3n) is 5.31. The number of nitrogens with one attached hydrogen (secondary N) is 1. The fourth-order valence-corrected chi connectivity index (χ4v) is 4.17. The zero-order valence-electron chi connectivity index (χ0n) is 15.7. The number of methoxy groups -OCH3 is 1. The van der Waals surface area contributed by atoms with Gasteiger partial charge in [-0.05, 0) is 25.0 Å². The molecule has 0 aliphatic carbocycles. The van der Waals surface area contributed by atoms with Gasteiger partial charge in [0.05, 0.1) is 12.8 Å². The van der Waals surface area contributed by atoms with Gasteiger partial charge in [0.15, 0.2) is 22.7 Å². The van der Waals surface area contributed by atoms with E-state index in [0.717, 1.165) is 29.4 Å². The maximum absolute atomic E-state index is 13.1. The summed E-state index contributed by atoms with van der Waals surface area (Å²) in [6, 6.07) is 5.14. The Hall–Kier alpha value is -3.13. The van der Waals surface area contributed by atoms with Crippen LogP contribution in [0.15, 0.2) is 35.0 Å². The number of likely N-dealkylation sites (tertiary alicyclic amines) is 1. The highest BCUT2D eigenvalue weighted by molar-refractivity contribution is 6.31. The number of piperidine rings is 1. The molecule has 1 fully saturated rings. The molecule has 1 saturated heterocycles. The largest absolute Gasteiger partial charge is 0.493 e. The number of hydrogen-bond acceptors (Lipinski definition) is 6. The zero-order valence-corrected chi connectivity index (χ0v) is 16.4. The molecule has 0 bridgehead atoms. The van der Waals surface area contributed by atoms with E-state index >= 15 is 0 Å². The highest BCUT2D eigenvalue weighted by Gasteiger charge is 2.30. The third kappa shape index (κ3) is 3.09. The SMILES string of the molecule is COc1cc(Cl)cc2cc(C(=O)N3CCC[C@@H](c4[nH]nc5nccnc45)C3)oc12. The summed E-state index contributed by atoms with van der Waals surface area (Å²) in [5.41, 5.74) is 2.79. The number of aromatic amines is 1. The first-order valence-corrected chi connectivity index (χ1v) is 9.73. The number of halogens is 1. The average Bonchev–Trinajstić information content (AvgIpc) is 3.37. The Morgan fingerprint density at radius 3 is 3.03 bits per heavy atom. The minimum absolute atomic E-state index is 0.114. The Morgan fingerprint density at radius 1 is 1.31 bits per heavy atom. The minimum atomic E-state index is -0.154. The summed E-state index contributed by atoms with van der Waals surface area (Å²) in [5.74, 6) is 0.739. The topological polar surface area (TPSA) is 97.1 Å². The molecule has 148 valence electrons. The van der Waals surface area contributed by atoms with Crippen LogP contribution in [0.5, 0.6) is 5.75 Å². The minimum Gasteiger partial charge on any atom is -0.493 e. The lowest BCUT2D eigenvalue weighted by atomic mass is 9.94. The van der Waals surface area contributed by atoms with Crippen molar-refractivity contribution in [1.29, 1.82) is 0 Å². The van der Waals surface area contributed by atoms with E-state index in [2.05, 4.69) is 20.2 Å². The highest BCUT2D eigenvalue weighted by Crippen LogP contribution is 2.34. The van der Waals surface area contributed by atoms with E-state index in [1.807, 2.05) is 4.90 Å². The molecule has 1 atom stereocenters. The lowest BCUT2D eigenvalue weighted by Gasteiger charge is -2.31. The van der Waals surface area contributed by atoms with Gasteiger partial charge in [0.2, 0.25) is 0 Å². The Labute approximate surface area is 170 Å². The van der Waals surface area contributed by atoms with Crippen LogP contribution in [0.25, 0.3) is 22.1 Å². The Kier molecular flexibility index (Phi) is 4.35. The van der Waals surface area contributed by atoms with E-state index in [1.54, 1.807) is 37.7 Å². The van der Waals surface area contributed by atoms with Crippen LogP contribution >= 0.6 is 11.6 Å². The number of aromatic nitrogens is 4. The first-order chi connectivity index (χ1) is 14.1. The number of rotatable bonds is 3. The van der Waals surface area contributed by atoms with Crippen molar-refractivity contribution in [3.05, 3.63) is 47.1 Å². The van der Waals surface area contributed by atoms with Crippen LogP contribution in [0.2, 0.25) is 5.02 Å². The van der Waals surface area contributed by atoms with E-state index in [0.29, 0.717) is 35.1 Å². The van der Waals surface area contributed by atoms with Gasteiger partial charge in [0.1, 0.15) is 5.52 Å². The third-order valence-corrected chi connectivity index (χ3v) is 5.53. The second-order valence-corrected chi connectivity index (χ2v) is 7.53. The molecule has 4 aromatic rings. The number of furan rings is 1. The quantitative estimate of drug-likeness (QED) is 0.551. The number of benzene rings is 1. The van der Waals surface area contributed by atoms with E-state index in [4.69, 9.17) is 20.8 Å². The lowest BCUT2D eigenvalue weighted by Crippen LogP contribution is -2.39. The van der Waals surface area contributed by atoms with Gasteiger partial charge in [-0.25, -0.2) is 9.97 Å². The van der Waals surface area contributed by atoms with Crippen LogP contribution in [0, 0.1) is 0 Å². The molecule has 29 heavy (non-hydrogen) atoms. The molecule has 1 N–H and O–H groups in total. The van der Waals surface area contributed by atoms with Gasteiger partial charge in [-0.3, -0.25) is 9.89 Å². The molecule has 8 nitrogen and oxygen atoms in total. The molecule has 1 aliphatic heterocycles. The fourth-order valence-electron chi connectivity index (χ4n) is 3.95. The fraction of sp³-hybridized carbons (Fsp3) is 0.300. The van der Waals surface area contributed by atoms with E-state index in [1.165, 1.54) is 0 Å². The number of hydrogen-bond donors (Lipinski definition) is 1. The van der Waals surface area contributed by atoms with E-state index in [9.17, 15) is 4.79 Å². The number of nitrogens with zero attached hydrogens (tertiary/aromatic N) is 4. The molecule has 0 radical (unpaired) electrons. The van der Waals surface area contributed by atoms with E-state index in [-0.39, 0.29) is 17.6 Å². The van der Waals surface area contributed by atoms with Gasteiger partial charge in [-0.1, -0.05) is 11.6 Å². The highest BCUT2D eigenvalue weighted by atomic mass is 35.5. The first kappa shape index (κ1) is 17.9. The molecule has 5 rings (SSSR count). The summed E-state index contributed by atoms with van der Waals surface area (Å²) in [6.45, 7) is 1.23. The monoisotopic (exact) mass is 411 g/mol. The van der Waals surface area contributed by atoms with Crippen LogP contribution < -0.4 is 4.74 Å². The van der Waals surface area contributed by atoms with Gasteiger partial charge in [0, 0.05) is 47.9 Å². The molecule has 4 heterocycles. The van der Waals surface area contributed by atoms with Crippen molar-refractivity contribution in [3.63, 3.8) is 0 Å². The number of H-pyrrole nitrogens is 1. The second-order valence-electron chi connectivity index (χ2n) is 7.09. The standard InChI is InChI=1S/C20H18ClN5O3/c1-28-14-9-13(21)7-12-8-15(29-18(12)14)20(27)26-6-2-3-11(10-26)16-17-19(25-24-16)23-5-4-22-17/h4-5,7-9,11H,2-3,6,10H2,1H3,(H,23,24,25)/t11-/m1/s1. The summed E-state index contributed by atoms with van der Waals surface area (Å²) < 4.78 is 11.2. The molecule has 0 unspecified atom stereocenters. The number of amides is 1. The molecular formula is C20H18ClN5O3. The van der Waals surface area contributed by atoms with Crippen LogP contribution in [0.3, 0.4) is 0 Å². The zero-order chi connectivity index (χ0) is 20.0. The second kappa shape index (κ2) is 7.04. The van der Waals surface area contributed by atoms with Gasteiger partial charge in [0.25, 0.3) is 5.91 Å². The first-order valence-electron chi connectivity index (χ1n) is 9.35. The molecular weight excluding hydrogens is 394 g/mol. The van der Waals surface area contributed by atoms with Crippen molar-refractivity contribution in [2.45, 2.75) is 18.8 Å². The normalized spacial score (nSPS) is 17.2. The maximum Gasteiger partial charge on any atom is 0.289 e. The molecule has 9 heteroatoms. The van der Waals surface area contributed by atoms with Crippen molar-refractivity contribution in [1.82, 2.24) is 25.1 Å². The summed E-state index contributed by atoms with van der Waals surface area (Å²) >= 11 is 6.13. The maximum atomic E-state index is 13.1. The summed E-state index contributed by atoms with van der Waals surface area (Å²) in [5, 5.41) is 8.55. The van der Waals surface area contributed by atoms with Crippen molar-refractivity contribution in [3.8, 4) is 5.75 Å². The van der Waals surface area contributed by atoms with Crippen LogP contribution in [0.4, 0.5) is 0 Å². The van der Waals surface area contributed by atoms with Gasteiger partial charge in [-0.2, -0.15) is 5.10 Å². The predicted octanol–water partition coefficient (Wildman–Crippen LogP) is 3.78. The molecule has 0 spiro atoms. The van der Waals surface area contributed by atoms with Crippen molar-refractivity contribution < 1.29 is 13.9 Å². The van der Waals surface area contributed by atoms with Crippen molar-refractivity contribution in [2.75, 3.05) is 20.2 Å². The summed E-state index contributed by atoms with van der Waals surface area (Å²) in [4.78, 5) is 23.6. The van der Waals surface area contributed by atoms with Gasteiger partial charge < -0.3 is 14.1 Å². The Balaban J connectivity index is 1.43. The molecule has 1 aromatic carbocycles. The van der Waals surface area contributed by atoms with Gasteiger partial charge >= 0.3 is 0 Å². The van der Waals surface area contributed by atoms with Crippen molar-refractivity contribution >= 4 is 39.6 Å². The lowest BCUT2D eigenvalue weighted by molar-refractivity contribution is 0.0676.